The van der Waals surface area contributed by atoms with Crippen LogP contribution in [0.4, 0.5) is 0 Å². The van der Waals surface area contributed by atoms with E-state index in [1.165, 1.54) is 0 Å². The van der Waals surface area contributed by atoms with E-state index in [2.05, 4.69) is 0 Å². The lowest BCUT2D eigenvalue weighted by Gasteiger charge is -2.24. The van der Waals surface area contributed by atoms with Crippen molar-refractivity contribution in [1.29, 1.82) is 0 Å². The summed E-state index contributed by atoms with van der Waals surface area (Å²) in [6, 6.07) is 7.18. The standard InChI is InChI=1S/C13H18ClNO2/c1-2-3-7-13(15,12(16)17)9-10-5-4-6-11(14)8-10/h4-6,8H,2-3,7,9,15H2,1H3,(H,16,17)/t13-/m1/s1. The maximum absolute atomic E-state index is 11.3. The van der Waals surface area contributed by atoms with Gasteiger partial charge >= 0.3 is 5.97 Å². The molecule has 94 valence electrons. The van der Waals surface area contributed by atoms with Crippen molar-refractivity contribution in [3.8, 4) is 0 Å². The number of carboxylic acids is 1. The molecule has 0 aliphatic heterocycles. The van der Waals surface area contributed by atoms with E-state index in [0.717, 1.165) is 18.4 Å². The quantitative estimate of drug-likeness (QED) is 0.822. The fraction of sp³-hybridized carbons (Fsp3) is 0.462. The fourth-order valence-electron chi connectivity index (χ4n) is 1.77. The van der Waals surface area contributed by atoms with Crippen molar-refractivity contribution in [3.05, 3.63) is 34.9 Å². The lowest BCUT2D eigenvalue weighted by molar-refractivity contribution is -0.143. The highest BCUT2D eigenvalue weighted by Gasteiger charge is 2.33. The van der Waals surface area contributed by atoms with Crippen molar-refractivity contribution in [3.63, 3.8) is 0 Å². The molecule has 1 atom stereocenters. The summed E-state index contributed by atoms with van der Waals surface area (Å²) in [6.45, 7) is 2.02. The predicted octanol–water partition coefficient (Wildman–Crippen LogP) is 2.85. The van der Waals surface area contributed by atoms with Crippen LogP contribution in [0.2, 0.25) is 5.02 Å². The predicted molar refractivity (Wildman–Crippen MR) is 69.2 cm³/mol. The Balaban J connectivity index is 2.83. The van der Waals surface area contributed by atoms with Crippen LogP contribution in [0.5, 0.6) is 0 Å². The lowest BCUT2D eigenvalue weighted by atomic mass is 9.87. The van der Waals surface area contributed by atoms with Crippen LogP contribution in [0, 0.1) is 0 Å². The van der Waals surface area contributed by atoms with Gasteiger partial charge in [-0.3, -0.25) is 4.79 Å². The summed E-state index contributed by atoms with van der Waals surface area (Å²) < 4.78 is 0. The number of benzene rings is 1. The number of aliphatic carboxylic acids is 1. The van der Waals surface area contributed by atoms with E-state index in [1.54, 1.807) is 18.2 Å². The Morgan fingerprint density at radius 3 is 2.76 bits per heavy atom. The van der Waals surface area contributed by atoms with E-state index >= 15 is 0 Å². The summed E-state index contributed by atoms with van der Waals surface area (Å²) in [5.41, 5.74) is 5.63. The number of hydrogen-bond acceptors (Lipinski definition) is 2. The minimum atomic E-state index is -1.19. The van der Waals surface area contributed by atoms with Crippen LogP contribution < -0.4 is 5.73 Å². The molecule has 0 aromatic heterocycles. The first-order valence-electron chi connectivity index (χ1n) is 5.74. The maximum Gasteiger partial charge on any atom is 0.324 e. The molecule has 0 fully saturated rings. The summed E-state index contributed by atoms with van der Waals surface area (Å²) in [5.74, 6) is -0.953. The topological polar surface area (TPSA) is 63.3 Å². The average molecular weight is 256 g/mol. The minimum Gasteiger partial charge on any atom is -0.480 e. The summed E-state index contributed by atoms with van der Waals surface area (Å²) in [5, 5.41) is 9.83. The molecule has 3 N–H and O–H groups in total. The monoisotopic (exact) mass is 255 g/mol. The van der Waals surface area contributed by atoms with Gasteiger partial charge in [0, 0.05) is 11.4 Å². The highest BCUT2D eigenvalue weighted by atomic mass is 35.5. The highest BCUT2D eigenvalue weighted by Crippen LogP contribution is 2.20. The molecule has 0 bridgehead atoms. The number of carbonyl (C=O) groups is 1. The van der Waals surface area contributed by atoms with Gasteiger partial charge in [0.1, 0.15) is 5.54 Å². The van der Waals surface area contributed by atoms with Crippen molar-refractivity contribution in [2.24, 2.45) is 5.73 Å². The van der Waals surface area contributed by atoms with Crippen molar-refractivity contribution < 1.29 is 9.90 Å². The molecule has 0 saturated carbocycles. The molecule has 0 radical (unpaired) electrons. The first-order valence-corrected chi connectivity index (χ1v) is 6.12. The van der Waals surface area contributed by atoms with Crippen molar-refractivity contribution in [1.82, 2.24) is 0 Å². The zero-order valence-electron chi connectivity index (χ0n) is 9.95. The van der Waals surface area contributed by atoms with E-state index < -0.39 is 11.5 Å². The zero-order valence-corrected chi connectivity index (χ0v) is 10.7. The molecule has 0 amide bonds. The first kappa shape index (κ1) is 14.0. The van der Waals surface area contributed by atoms with Gasteiger partial charge in [-0.1, -0.05) is 43.5 Å². The van der Waals surface area contributed by atoms with Gasteiger partial charge < -0.3 is 10.8 Å². The molecule has 1 rings (SSSR count). The van der Waals surface area contributed by atoms with Gasteiger partial charge in [-0.25, -0.2) is 0 Å². The van der Waals surface area contributed by atoms with Crippen LogP contribution in [-0.4, -0.2) is 16.6 Å². The van der Waals surface area contributed by atoms with Gasteiger partial charge in [-0.05, 0) is 24.1 Å². The normalized spacial score (nSPS) is 14.3. The minimum absolute atomic E-state index is 0.308. The average Bonchev–Trinajstić information content (AvgIpc) is 2.26. The number of nitrogens with two attached hydrogens (primary N) is 1. The van der Waals surface area contributed by atoms with Gasteiger partial charge in [0.2, 0.25) is 0 Å². The Bertz CT molecular complexity index is 395. The number of hydrogen-bond donors (Lipinski definition) is 2. The molecule has 1 aromatic carbocycles. The number of unbranched alkanes of at least 4 members (excludes halogenated alkanes) is 1. The molecule has 0 aliphatic rings. The molecule has 17 heavy (non-hydrogen) atoms. The molecule has 1 aromatic rings. The number of carboxylic acid groups (broad SMARTS) is 1. The third kappa shape index (κ3) is 4.02. The maximum atomic E-state index is 11.3. The Morgan fingerprint density at radius 2 is 2.24 bits per heavy atom. The Kier molecular flexibility index (Phi) is 4.97. The second-order valence-corrected chi connectivity index (χ2v) is 4.81. The van der Waals surface area contributed by atoms with Crippen LogP contribution in [0.25, 0.3) is 0 Å². The molecule has 0 aliphatic carbocycles. The van der Waals surface area contributed by atoms with Gasteiger partial charge in [0.05, 0.1) is 0 Å². The van der Waals surface area contributed by atoms with Gasteiger partial charge in [0.15, 0.2) is 0 Å². The van der Waals surface area contributed by atoms with E-state index in [1.807, 2.05) is 13.0 Å². The molecule has 0 heterocycles. The molecule has 0 saturated heterocycles. The molecule has 4 heteroatoms. The molecule has 0 unspecified atom stereocenters. The van der Waals surface area contributed by atoms with Crippen molar-refractivity contribution >= 4 is 17.6 Å². The second kappa shape index (κ2) is 6.03. The zero-order chi connectivity index (χ0) is 12.9. The molecular weight excluding hydrogens is 238 g/mol. The Labute approximate surface area is 107 Å². The summed E-state index contributed by atoms with van der Waals surface area (Å²) in [4.78, 5) is 11.3. The molecule has 3 nitrogen and oxygen atoms in total. The van der Waals surface area contributed by atoms with Gasteiger partial charge in [-0.2, -0.15) is 0 Å². The number of rotatable bonds is 6. The van der Waals surface area contributed by atoms with Crippen LogP contribution in [0.1, 0.15) is 31.7 Å². The summed E-state index contributed by atoms with van der Waals surface area (Å²) >= 11 is 5.87. The van der Waals surface area contributed by atoms with Crippen molar-refractivity contribution in [2.45, 2.75) is 38.1 Å². The SMILES string of the molecule is CCCC[C@@](N)(Cc1cccc(Cl)c1)C(=O)O. The van der Waals surface area contributed by atoms with E-state index in [-0.39, 0.29) is 0 Å². The van der Waals surface area contributed by atoms with E-state index in [9.17, 15) is 9.90 Å². The highest BCUT2D eigenvalue weighted by molar-refractivity contribution is 6.30. The third-order valence-electron chi connectivity index (χ3n) is 2.81. The summed E-state index contributed by atoms with van der Waals surface area (Å²) in [7, 11) is 0. The van der Waals surface area contributed by atoms with Crippen LogP contribution in [0.15, 0.2) is 24.3 Å². The summed E-state index contributed by atoms with van der Waals surface area (Å²) in [6.07, 6.45) is 2.53. The molecule has 0 spiro atoms. The molecular formula is C13H18ClNO2. The number of halogens is 1. The largest absolute Gasteiger partial charge is 0.480 e. The van der Waals surface area contributed by atoms with Gasteiger partial charge in [-0.15, -0.1) is 0 Å². The van der Waals surface area contributed by atoms with Gasteiger partial charge in [0.25, 0.3) is 0 Å². The third-order valence-corrected chi connectivity index (χ3v) is 3.05. The lowest BCUT2D eigenvalue weighted by Crippen LogP contribution is -2.49. The van der Waals surface area contributed by atoms with Crippen molar-refractivity contribution in [2.75, 3.05) is 0 Å². The first-order chi connectivity index (χ1) is 7.98. The smallest absolute Gasteiger partial charge is 0.324 e. The fourth-order valence-corrected chi connectivity index (χ4v) is 1.99. The van der Waals surface area contributed by atoms with E-state index in [4.69, 9.17) is 17.3 Å². The van der Waals surface area contributed by atoms with Crippen LogP contribution in [-0.2, 0) is 11.2 Å². The Hall–Kier alpha value is -1.06. The van der Waals surface area contributed by atoms with E-state index in [0.29, 0.717) is 17.9 Å². The van der Waals surface area contributed by atoms with Crippen LogP contribution >= 0.6 is 11.6 Å². The second-order valence-electron chi connectivity index (χ2n) is 4.37. The Morgan fingerprint density at radius 1 is 1.53 bits per heavy atom. The van der Waals surface area contributed by atoms with Crippen LogP contribution in [0.3, 0.4) is 0 Å².